The summed E-state index contributed by atoms with van der Waals surface area (Å²) in [6.45, 7) is 0.757. The standard InChI is InChI=1S/C16H13Br2NO2/c17-12-8-13(18)16(19-9-12)14(20)3-1-10-2-4-15-11(7-10)5-6-21-15/h2,4,7-9H,1,3,5-6H2. The van der Waals surface area contributed by atoms with Crippen molar-refractivity contribution in [1.82, 2.24) is 4.98 Å². The van der Waals surface area contributed by atoms with Gasteiger partial charge in [-0.25, -0.2) is 0 Å². The van der Waals surface area contributed by atoms with Crippen LogP contribution < -0.4 is 4.74 Å². The molecule has 0 saturated heterocycles. The average Bonchev–Trinajstić information content (AvgIpc) is 2.92. The molecule has 0 N–H and O–H groups in total. The van der Waals surface area contributed by atoms with Gasteiger partial charge < -0.3 is 4.74 Å². The Morgan fingerprint density at radius 1 is 1.29 bits per heavy atom. The summed E-state index contributed by atoms with van der Waals surface area (Å²) in [5, 5.41) is 0. The van der Waals surface area contributed by atoms with Gasteiger partial charge in [0, 0.05) is 28.0 Å². The van der Waals surface area contributed by atoms with E-state index in [1.807, 2.05) is 18.2 Å². The maximum absolute atomic E-state index is 12.3. The number of ether oxygens (including phenoxy) is 1. The lowest BCUT2D eigenvalue weighted by atomic mass is 10.0. The fraction of sp³-hybridized carbons (Fsp3) is 0.250. The quantitative estimate of drug-likeness (QED) is 0.703. The number of Topliss-reactive ketones (excluding diaryl/α,β-unsaturated/α-hetero) is 1. The van der Waals surface area contributed by atoms with Crippen molar-refractivity contribution in [3.05, 3.63) is 56.2 Å². The van der Waals surface area contributed by atoms with Crippen molar-refractivity contribution >= 4 is 37.6 Å². The van der Waals surface area contributed by atoms with E-state index in [1.165, 1.54) is 11.1 Å². The van der Waals surface area contributed by atoms with Crippen LogP contribution in [0.5, 0.6) is 5.75 Å². The predicted octanol–water partition coefficient (Wildman–Crippen LogP) is 4.36. The number of rotatable bonds is 4. The molecule has 21 heavy (non-hydrogen) atoms. The fourth-order valence-electron chi connectivity index (χ4n) is 2.39. The van der Waals surface area contributed by atoms with Crippen molar-refractivity contribution in [1.29, 1.82) is 0 Å². The molecule has 0 bridgehead atoms. The van der Waals surface area contributed by atoms with Crippen LogP contribution >= 0.6 is 31.9 Å². The van der Waals surface area contributed by atoms with Gasteiger partial charge in [0.15, 0.2) is 5.78 Å². The third-order valence-electron chi connectivity index (χ3n) is 3.47. The summed E-state index contributed by atoms with van der Waals surface area (Å²) in [4.78, 5) is 16.4. The Morgan fingerprint density at radius 3 is 2.95 bits per heavy atom. The number of carbonyl (C=O) groups is 1. The first-order chi connectivity index (χ1) is 10.1. The van der Waals surface area contributed by atoms with Gasteiger partial charge in [-0.15, -0.1) is 0 Å². The van der Waals surface area contributed by atoms with Crippen molar-refractivity contribution in [2.45, 2.75) is 19.3 Å². The number of benzene rings is 1. The first-order valence-corrected chi connectivity index (χ1v) is 8.31. The highest BCUT2D eigenvalue weighted by Gasteiger charge is 2.15. The zero-order valence-electron chi connectivity index (χ0n) is 11.2. The Morgan fingerprint density at radius 2 is 2.14 bits per heavy atom. The molecular weight excluding hydrogens is 398 g/mol. The summed E-state index contributed by atoms with van der Waals surface area (Å²) < 4.78 is 7.07. The third-order valence-corrected chi connectivity index (χ3v) is 4.50. The number of carbonyl (C=O) groups excluding carboxylic acids is 1. The van der Waals surface area contributed by atoms with Crippen LogP contribution in [0.4, 0.5) is 0 Å². The number of hydrogen-bond acceptors (Lipinski definition) is 3. The SMILES string of the molecule is O=C(CCc1ccc2c(c1)CCO2)c1ncc(Br)cc1Br. The number of fused-ring (bicyclic) bond motifs is 1. The fourth-order valence-corrected chi connectivity index (χ4v) is 3.60. The summed E-state index contributed by atoms with van der Waals surface area (Å²) in [6, 6.07) is 8.00. The van der Waals surface area contributed by atoms with E-state index in [-0.39, 0.29) is 5.78 Å². The average molecular weight is 411 g/mol. The molecule has 1 aromatic heterocycles. The van der Waals surface area contributed by atoms with Crippen LogP contribution in [0.2, 0.25) is 0 Å². The molecule has 0 aliphatic carbocycles. The van der Waals surface area contributed by atoms with Crippen LogP contribution in [-0.4, -0.2) is 17.4 Å². The number of hydrogen-bond donors (Lipinski definition) is 0. The summed E-state index contributed by atoms with van der Waals surface area (Å²) in [6.07, 6.45) is 3.77. The summed E-state index contributed by atoms with van der Waals surface area (Å²) >= 11 is 6.72. The summed E-state index contributed by atoms with van der Waals surface area (Å²) in [5.41, 5.74) is 2.89. The second-order valence-electron chi connectivity index (χ2n) is 4.95. The normalized spacial score (nSPS) is 12.9. The van der Waals surface area contributed by atoms with Gasteiger partial charge in [-0.05, 0) is 61.5 Å². The third kappa shape index (κ3) is 3.35. The highest BCUT2D eigenvalue weighted by molar-refractivity contribution is 9.11. The number of aryl methyl sites for hydroxylation is 1. The minimum Gasteiger partial charge on any atom is -0.493 e. The second kappa shape index (κ2) is 6.28. The van der Waals surface area contributed by atoms with Crippen molar-refractivity contribution in [3.8, 4) is 5.75 Å². The molecule has 1 aromatic carbocycles. The topological polar surface area (TPSA) is 39.2 Å². The van der Waals surface area contributed by atoms with Crippen LogP contribution in [0.25, 0.3) is 0 Å². The van der Waals surface area contributed by atoms with Gasteiger partial charge in [0.05, 0.1) is 6.61 Å². The Kier molecular flexibility index (Phi) is 4.40. The van der Waals surface area contributed by atoms with E-state index in [4.69, 9.17) is 4.74 Å². The molecule has 3 nitrogen and oxygen atoms in total. The Labute approximate surface area is 140 Å². The highest BCUT2D eigenvalue weighted by Crippen LogP contribution is 2.27. The molecule has 0 unspecified atom stereocenters. The molecule has 0 fully saturated rings. The number of nitrogens with zero attached hydrogens (tertiary/aromatic N) is 1. The van der Waals surface area contributed by atoms with Gasteiger partial charge in [0.2, 0.25) is 0 Å². The van der Waals surface area contributed by atoms with E-state index >= 15 is 0 Å². The molecule has 2 aromatic rings. The molecule has 2 heterocycles. The summed E-state index contributed by atoms with van der Waals surface area (Å²) in [5.74, 6) is 1.02. The second-order valence-corrected chi connectivity index (χ2v) is 6.72. The van der Waals surface area contributed by atoms with Crippen molar-refractivity contribution in [2.75, 3.05) is 6.61 Å². The number of pyridine rings is 1. The van der Waals surface area contributed by atoms with Crippen molar-refractivity contribution in [2.24, 2.45) is 0 Å². The highest BCUT2D eigenvalue weighted by atomic mass is 79.9. The first kappa shape index (κ1) is 14.7. The molecule has 3 rings (SSSR count). The van der Waals surface area contributed by atoms with Crippen LogP contribution in [0.3, 0.4) is 0 Å². The lowest BCUT2D eigenvalue weighted by Crippen LogP contribution is -2.05. The smallest absolute Gasteiger partial charge is 0.182 e. The lowest BCUT2D eigenvalue weighted by molar-refractivity contribution is 0.0977. The zero-order valence-corrected chi connectivity index (χ0v) is 14.4. The maximum Gasteiger partial charge on any atom is 0.182 e. The minimum atomic E-state index is 0.0473. The largest absolute Gasteiger partial charge is 0.493 e. The Bertz CT molecular complexity index is 701. The molecule has 0 spiro atoms. The molecule has 0 amide bonds. The van der Waals surface area contributed by atoms with Crippen molar-refractivity contribution in [3.63, 3.8) is 0 Å². The van der Waals surface area contributed by atoms with Gasteiger partial charge >= 0.3 is 0 Å². The molecule has 0 radical (unpaired) electrons. The van der Waals surface area contributed by atoms with E-state index in [2.05, 4.69) is 42.9 Å². The number of halogens is 2. The van der Waals surface area contributed by atoms with Crippen LogP contribution in [0.15, 0.2) is 39.4 Å². The molecule has 108 valence electrons. The van der Waals surface area contributed by atoms with E-state index in [0.29, 0.717) is 12.1 Å². The van der Waals surface area contributed by atoms with Gasteiger partial charge in [0.1, 0.15) is 11.4 Å². The van der Waals surface area contributed by atoms with Gasteiger partial charge in [-0.2, -0.15) is 0 Å². The predicted molar refractivity (Wildman–Crippen MR) is 87.9 cm³/mol. The van der Waals surface area contributed by atoms with E-state index < -0.39 is 0 Å². The van der Waals surface area contributed by atoms with Gasteiger partial charge in [-0.1, -0.05) is 12.1 Å². The van der Waals surface area contributed by atoms with Gasteiger partial charge in [0.25, 0.3) is 0 Å². The Balaban J connectivity index is 1.68. The Hall–Kier alpha value is -1.20. The minimum absolute atomic E-state index is 0.0473. The molecule has 0 atom stereocenters. The number of aromatic nitrogens is 1. The van der Waals surface area contributed by atoms with Crippen LogP contribution in [0.1, 0.15) is 28.0 Å². The monoisotopic (exact) mass is 409 g/mol. The van der Waals surface area contributed by atoms with E-state index in [0.717, 1.165) is 34.1 Å². The lowest BCUT2D eigenvalue weighted by Gasteiger charge is -2.05. The molecule has 1 aliphatic heterocycles. The molecule has 0 saturated carbocycles. The van der Waals surface area contributed by atoms with Crippen LogP contribution in [0, 0.1) is 0 Å². The van der Waals surface area contributed by atoms with E-state index in [9.17, 15) is 4.79 Å². The maximum atomic E-state index is 12.3. The van der Waals surface area contributed by atoms with Crippen molar-refractivity contribution < 1.29 is 9.53 Å². The summed E-state index contributed by atoms with van der Waals surface area (Å²) in [7, 11) is 0. The first-order valence-electron chi connectivity index (χ1n) is 6.72. The number of ketones is 1. The van der Waals surface area contributed by atoms with E-state index in [1.54, 1.807) is 6.20 Å². The molecule has 1 aliphatic rings. The van der Waals surface area contributed by atoms with Gasteiger partial charge in [-0.3, -0.25) is 9.78 Å². The molecular formula is C16H13Br2NO2. The zero-order chi connectivity index (χ0) is 14.8. The molecule has 5 heteroatoms. The van der Waals surface area contributed by atoms with Crippen LogP contribution in [-0.2, 0) is 12.8 Å².